The Morgan fingerprint density at radius 2 is 1.98 bits per heavy atom. The molecule has 10 heteroatoms. The van der Waals surface area contributed by atoms with Gasteiger partial charge in [0.2, 0.25) is 0 Å². The monoisotopic (exact) mass is 644 g/mol. The van der Waals surface area contributed by atoms with E-state index in [2.05, 4.69) is 44.9 Å². The quantitative estimate of drug-likeness (QED) is 0.164. The summed E-state index contributed by atoms with van der Waals surface area (Å²) in [7, 11) is 0. The minimum absolute atomic E-state index is 0.230. The molecule has 4 heterocycles. The molecule has 0 unspecified atom stereocenters. The molecule has 1 saturated heterocycles. The van der Waals surface area contributed by atoms with Gasteiger partial charge in [-0.1, -0.05) is 37.6 Å². The Hall–Kier alpha value is -3.53. The van der Waals surface area contributed by atoms with Gasteiger partial charge in [-0.3, -0.25) is 4.68 Å². The van der Waals surface area contributed by atoms with E-state index in [9.17, 15) is 4.39 Å². The van der Waals surface area contributed by atoms with Crippen LogP contribution in [0.15, 0.2) is 55.0 Å². The first-order valence-corrected chi connectivity index (χ1v) is 17.1. The number of ether oxygens (including phenoxy) is 1. The Labute approximate surface area is 272 Å². The summed E-state index contributed by atoms with van der Waals surface area (Å²) in [6, 6.07) is 11.9. The first kappa shape index (κ1) is 30.1. The van der Waals surface area contributed by atoms with Gasteiger partial charge in [0.15, 0.2) is 0 Å². The number of benzene rings is 2. The van der Waals surface area contributed by atoms with Crippen LogP contribution in [0, 0.1) is 17.7 Å². The molecule has 7 rings (SSSR count). The van der Waals surface area contributed by atoms with Crippen molar-refractivity contribution in [2.75, 3.05) is 25.0 Å². The van der Waals surface area contributed by atoms with Gasteiger partial charge < -0.3 is 15.0 Å². The summed E-state index contributed by atoms with van der Waals surface area (Å²) in [4.78, 5) is 14.1. The Morgan fingerprint density at radius 3 is 2.78 bits per heavy atom. The number of anilines is 2. The van der Waals surface area contributed by atoms with Crippen molar-refractivity contribution in [1.29, 1.82) is 0 Å². The van der Waals surface area contributed by atoms with Gasteiger partial charge in [0.25, 0.3) is 0 Å². The number of fused-ring (bicyclic) bond motifs is 5. The molecule has 2 aromatic carbocycles. The lowest BCUT2D eigenvalue weighted by Gasteiger charge is -2.32. The Balaban J connectivity index is 1.04. The van der Waals surface area contributed by atoms with E-state index in [1.807, 2.05) is 24.3 Å². The highest BCUT2D eigenvalue weighted by Gasteiger charge is 2.27. The first-order chi connectivity index (χ1) is 21.9. The van der Waals surface area contributed by atoms with Gasteiger partial charge in [-0.15, -0.1) is 11.3 Å². The standard InChI is InChI=1S/C35H38ClFN6OS/c1-22(2)18-42-13-10-23(11-14-42)12-15-43-19-28-30(41-43)8-7-27-32-34(38-21-39-35(32)45-33(27)28)40-26-6-9-31(29(36)17-26)44-20-24-4-3-5-25(37)16-24/h3-6,9,16-17,19,21-23H,7-8,10-15,18,20H2,1-2H3,(H,38,39,40). The topological polar surface area (TPSA) is 68.1 Å². The second kappa shape index (κ2) is 13.1. The summed E-state index contributed by atoms with van der Waals surface area (Å²) in [5.74, 6) is 2.53. The van der Waals surface area contributed by atoms with E-state index in [0.717, 1.165) is 58.5 Å². The highest BCUT2D eigenvalue weighted by Crippen LogP contribution is 2.45. The summed E-state index contributed by atoms with van der Waals surface area (Å²) < 4.78 is 21.6. The van der Waals surface area contributed by atoms with E-state index in [4.69, 9.17) is 21.4 Å². The van der Waals surface area contributed by atoms with Crippen LogP contribution in [0.3, 0.4) is 0 Å². The van der Waals surface area contributed by atoms with Gasteiger partial charge in [-0.05, 0) is 98.5 Å². The number of likely N-dealkylation sites (tertiary alicyclic amines) is 1. The highest BCUT2D eigenvalue weighted by molar-refractivity contribution is 7.22. The lowest BCUT2D eigenvalue weighted by molar-refractivity contribution is 0.160. The minimum Gasteiger partial charge on any atom is -0.487 e. The number of nitrogens with zero attached hydrogens (tertiary/aromatic N) is 5. The number of hydrogen-bond acceptors (Lipinski definition) is 7. The fourth-order valence-electron chi connectivity index (χ4n) is 6.64. The zero-order valence-electron chi connectivity index (χ0n) is 25.7. The zero-order valence-corrected chi connectivity index (χ0v) is 27.3. The van der Waals surface area contributed by atoms with Gasteiger partial charge >= 0.3 is 0 Å². The molecule has 2 aliphatic rings. The molecule has 0 radical (unpaired) electrons. The van der Waals surface area contributed by atoms with Crippen LogP contribution < -0.4 is 10.1 Å². The van der Waals surface area contributed by atoms with Crippen LogP contribution in [0.1, 0.15) is 49.9 Å². The summed E-state index contributed by atoms with van der Waals surface area (Å²) in [6.07, 6.45) is 9.44. The molecular weight excluding hydrogens is 607 g/mol. The van der Waals surface area contributed by atoms with E-state index >= 15 is 0 Å². The third-order valence-corrected chi connectivity index (χ3v) is 10.3. The molecule has 1 aliphatic carbocycles. The number of rotatable bonds is 10. The van der Waals surface area contributed by atoms with E-state index < -0.39 is 0 Å². The molecule has 5 aromatic rings. The predicted octanol–water partition coefficient (Wildman–Crippen LogP) is 8.53. The van der Waals surface area contributed by atoms with Crippen LogP contribution in [0.2, 0.25) is 5.02 Å². The van der Waals surface area contributed by atoms with Crippen molar-refractivity contribution in [1.82, 2.24) is 24.6 Å². The fraction of sp³-hybridized carbons (Fsp3) is 0.400. The smallest absolute Gasteiger partial charge is 0.142 e. The maximum Gasteiger partial charge on any atom is 0.142 e. The van der Waals surface area contributed by atoms with Gasteiger partial charge in [-0.2, -0.15) is 5.10 Å². The summed E-state index contributed by atoms with van der Waals surface area (Å²) in [6.45, 7) is 9.48. The minimum atomic E-state index is -0.290. The third kappa shape index (κ3) is 6.71. The maximum atomic E-state index is 13.5. The Bertz CT molecular complexity index is 1810. The number of halogens is 2. The molecule has 0 spiro atoms. The number of nitrogens with one attached hydrogen (secondary N) is 1. The molecule has 0 saturated carbocycles. The average molecular weight is 645 g/mol. The Kier molecular flexibility index (Phi) is 8.75. The van der Waals surface area contributed by atoms with Crippen LogP contribution >= 0.6 is 22.9 Å². The van der Waals surface area contributed by atoms with Crippen molar-refractivity contribution >= 4 is 44.7 Å². The number of aryl methyl sites for hydroxylation is 3. The van der Waals surface area contributed by atoms with Gasteiger partial charge in [-0.25, -0.2) is 14.4 Å². The molecule has 0 amide bonds. The van der Waals surface area contributed by atoms with E-state index in [1.54, 1.807) is 23.7 Å². The third-order valence-electron chi connectivity index (χ3n) is 8.86. The number of piperidine rings is 1. The summed E-state index contributed by atoms with van der Waals surface area (Å²) in [5, 5.41) is 10.0. The van der Waals surface area contributed by atoms with Gasteiger partial charge in [0, 0.05) is 35.4 Å². The molecule has 1 fully saturated rings. The van der Waals surface area contributed by atoms with Crippen molar-refractivity contribution in [2.24, 2.45) is 11.8 Å². The van der Waals surface area contributed by atoms with E-state index in [0.29, 0.717) is 10.8 Å². The van der Waals surface area contributed by atoms with Gasteiger partial charge in [0.1, 0.15) is 35.1 Å². The van der Waals surface area contributed by atoms with E-state index in [1.165, 1.54) is 72.7 Å². The fourth-order valence-corrected chi connectivity index (χ4v) is 8.10. The van der Waals surface area contributed by atoms with Crippen LogP contribution in [0.4, 0.5) is 15.9 Å². The zero-order chi connectivity index (χ0) is 30.9. The molecule has 45 heavy (non-hydrogen) atoms. The largest absolute Gasteiger partial charge is 0.487 e. The van der Waals surface area contributed by atoms with Crippen LogP contribution in [0.25, 0.3) is 20.7 Å². The van der Waals surface area contributed by atoms with Crippen LogP contribution in [-0.2, 0) is 26.0 Å². The van der Waals surface area contributed by atoms with Crippen molar-refractivity contribution in [3.05, 3.63) is 82.6 Å². The molecule has 0 atom stereocenters. The molecule has 1 aliphatic heterocycles. The van der Waals surface area contributed by atoms with Crippen LogP contribution in [-0.4, -0.2) is 44.3 Å². The maximum absolute atomic E-state index is 13.5. The molecule has 7 nitrogen and oxygen atoms in total. The SMILES string of the molecule is CC(C)CN1CCC(CCn2cc3c(n2)CCc2c-3sc3ncnc(Nc4ccc(OCc5cccc(F)c5)c(Cl)c4)c23)CC1. The second-order valence-electron chi connectivity index (χ2n) is 12.7. The highest BCUT2D eigenvalue weighted by atomic mass is 35.5. The molecule has 0 bridgehead atoms. The predicted molar refractivity (Wildman–Crippen MR) is 180 cm³/mol. The molecule has 3 aromatic heterocycles. The first-order valence-electron chi connectivity index (χ1n) is 15.9. The van der Waals surface area contributed by atoms with Crippen molar-refractivity contribution in [2.45, 2.75) is 59.1 Å². The lowest BCUT2D eigenvalue weighted by atomic mass is 9.93. The molecular formula is C35H38ClFN6OS. The Morgan fingerprint density at radius 1 is 1.11 bits per heavy atom. The van der Waals surface area contributed by atoms with E-state index in [-0.39, 0.29) is 12.4 Å². The lowest BCUT2D eigenvalue weighted by Crippen LogP contribution is -2.36. The van der Waals surface area contributed by atoms with Crippen molar-refractivity contribution in [3.63, 3.8) is 0 Å². The normalized spacial score (nSPS) is 15.4. The summed E-state index contributed by atoms with van der Waals surface area (Å²) in [5.41, 5.74) is 5.25. The average Bonchev–Trinajstić information content (AvgIpc) is 3.62. The van der Waals surface area contributed by atoms with Crippen molar-refractivity contribution < 1.29 is 9.13 Å². The number of aromatic nitrogens is 4. The second-order valence-corrected chi connectivity index (χ2v) is 14.1. The number of thiophene rings is 1. The molecule has 1 N–H and O–H groups in total. The summed E-state index contributed by atoms with van der Waals surface area (Å²) >= 11 is 8.30. The van der Waals surface area contributed by atoms with Crippen molar-refractivity contribution in [3.8, 4) is 16.2 Å². The molecule has 234 valence electrons. The van der Waals surface area contributed by atoms with Gasteiger partial charge in [0.05, 0.1) is 16.1 Å². The number of hydrogen-bond donors (Lipinski definition) is 1. The van der Waals surface area contributed by atoms with Crippen LogP contribution in [0.5, 0.6) is 5.75 Å².